The molecule has 0 aliphatic rings. The molecule has 0 bridgehead atoms. The van der Waals surface area contributed by atoms with Crippen LogP contribution in [0.15, 0.2) is 47.2 Å². The summed E-state index contributed by atoms with van der Waals surface area (Å²) in [5, 5.41) is 4.16. The molecule has 1 aromatic carbocycles. The number of nitrogens with zero attached hydrogens (tertiary/aromatic N) is 4. The Kier molecular flexibility index (Phi) is 3.70. The molecule has 3 aromatic rings. The van der Waals surface area contributed by atoms with Gasteiger partial charge in [0.2, 0.25) is 0 Å². The predicted molar refractivity (Wildman–Crippen MR) is 85.6 cm³/mol. The van der Waals surface area contributed by atoms with Gasteiger partial charge in [0.25, 0.3) is 0 Å². The average molecular weight is 344 g/mol. The molecular weight excluding hydrogens is 330 g/mol. The number of hydrogen-bond acceptors (Lipinski definition) is 4. The van der Waals surface area contributed by atoms with E-state index in [9.17, 15) is 0 Å². The summed E-state index contributed by atoms with van der Waals surface area (Å²) in [6, 6.07) is 9.86. The summed E-state index contributed by atoms with van der Waals surface area (Å²) in [5.74, 6) is 1.17. The minimum Gasteiger partial charge on any atom is -0.384 e. The Morgan fingerprint density at radius 3 is 2.62 bits per heavy atom. The van der Waals surface area contributed by atoms with Crippen molar-refractivity contribution in [3.8, 4) is 11.3 Å². The molecule has 0 radical (unpaired) electrons. The largest absolute Gasteiger partial charge is 0.384 e. The van der Waals surface area contributed by atoms with Gasteiger partial charge in [0.05, 0.1) is 11.9 Å². The van der Waals surface area contributed by atoms with Crippen molar-refractivity contribution in [3.63, 3.8) is 0 Å². The topological polar surface area (TPSA) is 69.6 Å². The van der Waals surface area contributed by atoms with Crippen LogP contribution in [0.5, 0.6) is 0 Å². The van der Waals surface area contributed by atoms with Crippen LogP contribution in [-0.4, -0.2) is 19.7 Å². The van der Waals surface area contributed by atoms with E-state index in [4.69, 9.17) is 5.73 Å². The van der Waals surface area contributed by atoms with Crippen LogP contribution in [-0.2, 0) is 13.5 Å². The zero-order valence-electron chi connectivity index (χ0n) is 11.5. The highest BCUT2D eigenvalue weighted by molar-refractivity contribution is 9.10. The second kappa shape index (κ2) is 5.65. The first-order valence-electron chi connectivity index (χ1n) is 6.47. The highest BCUT2D eigenvalue weighted by Gasteiger charge is 2.07. The molecule has 3 rings (SSSR count). The van der Waals surface area contributed by atoms with Crippen LogP contribution >= 0.6 is 15.9 Å². The van der Waals surface area contributed by atoms with Gasteiger partial charge in [-0.1, -0.05) is 28.1 Å². The Morgan fingerprint density at radius 1 is 1.19 bits per heavy atom. The van der Waals surface area contributed by atoms with Crippen LogP contribution in [0.4, 0.5) is 5.82 Å². The first-order chi connectivity index (χ1) is 10.1. The zero-order chi connectivity index (χ0) is 14.8. The summed E-state index contributed by atoms with van der Waals surface area (Å²) in [5.41, 5.74) is 8.76. The fraction of sp³-hybridized carbons (Fsp3) is 0.133. The van der Waals surface area contributed by atoms with E-state index in [1.165, 1.54) is 0 Å². The van der Waals surface area contributed by atoms with Crippen molar-refractivity contribution >= 4 is 21.7 Å². The standard InChI is InChI=1S/C15H14BrN5/c1-21-9-11(8-18-21)13-7-14(17)20-15(19-13)6-10-2-4-12(16)5-3-10/h2-5,7-9H,6H2,1H3,(H2,17,19,20). The van der Waals surface area contributed by atoms with Gasteiger partial charge in [-0.25, -0.2) is 9.97 Å². The van der Waals surface area contributed by atoms with Gasteiger partial charge >= 0.3 is 0 Å². The average Bonchev–Trinajstić information content (AvgIpc) is 2.88. The van der Waals surface area contributed by atoms with Crippen molar-refractivity contribution in [1.29, 1.82) is 0 Å². The molecule has 0 spiro atoms. The van der Waals surface area contributed by atoms with Gasteiger partial charge < -0.3 is 5.73 Å². The van der Waals surface area contributed by atoms with E-state index in [2.05, 4.69) is 31.0 Å². The van der Waals surface area contributed by atoms with Crippen LogP contribution in [0.2, 0.25) is 0 Å². The van der Waals surface area contributed by atoms with Gasteiger partial charge in [-0.2, -0.15) is 5.10 Å². The normalized spacial score (nSPS) is 10.8. The van der Waals surface area contributed by atoms with E-state index < -0.39 is 0 Å². The smallest absolute Gasteiger partial charge is 0.135 e. The van der Waals surface area contributed by atoms with E-state index in [-0.39, 0.29) is 0 Å². The van der Waals surface area contributed by atoms with Crippen molar-refractivity contribution in [3.05, 3.63) is 58.6 Å². The summed E-state index contributed by atoms with van der Waals surface area (Å²) in [7, 11) is 1.87. The molecule has 2 N–H and O–H groups in total. The van der Waals surface area contributed by atoms with E-state index in [0.717, 1.165) is 21.3 Å². The number of nitrogen functional groups attached to an aromatic ring is 1. The van der Waals surface area contributed by atoms with E-state index in [1.807, 2.05) is 37.5 Å². The molecule has 106 valence electrons. The van der Waals surface area contributed by atoms with Crippen molar-refractivity contribution in [2.75, 3.05) is 5.73 Å². The molecule has 0 unspecified atom stereocenters. The Morgan fingerprint density at radius 2 is 1.95 bits per heavy atom. The van der Waals surface area contributed by atoms with Gasteiger partial charge in [-0.05, 0) is 17.7 Å². The monoisotopic (exact) mass is 343 g/mol. The van der Waals surface area contributed by atoms with Gasteiger partial charge in [-0.3, -0.25) is 4.68 Å². The first kappa shape index (κ1) is 13.8. The fourth-order valence-corrected chi connectivity index (χ4v) is 2.35. The molecule has 0 fully saturated rings. The first-order valence-corrected chi connectivity index (χ1v) is 7.26. The van der Waals surface area contributed by atoms with E-state index in [1.54, 1.807) is 16.9 Å². The van der Waals surface area contributed by atoms with Gasteiger partial charge in [0, 0.05) is 35.8 Å². The van der Waals surface area contributed by atoms with E-state index >= 15 is 0 Å². The number of halogens is 1. The summed E-state index contributed by atoms with van der Waals surface area (Å²) < 4.78 is 2.79. The lowest BCUT2D eigenvalue weighted by molar-refractivity contribution is 0.768. The number of benzene rings is 1. The van der Waals surface area contributed by atoms with Crippen molar-refractivity contribution in [2.24, 2.45) is 7.05 Å². The molecule has 2 aromatic heterocycles. The Hall–Kier alpha value is -2.21. The minimum absolute atomic E-state index is 0.468. The summed E-state index contributed by atoms with van der Waals surface area (Å²) >= 11 is 3.43. The summed E-state index contributed by atoms with van der Waals surface area (Å²) in [4.78, 5) is 8.89. The molecule has 0 saturated carbocycles. The van der Waals surface area contributed by atoms with Gasteiger partial charge in [-0.15, -0.1) is 0 Å². The van der Waals surface area contributed by atoms with Crippen molar-refractivity contribution in [2.45, 2.75) is 6.42 Å². The number of hydrogen-bond donors (Lipinski definition) is 1. The minimum atomic E-state index is 0.468. The third-order valence-corrected chi connectivity index (χ3v) is 3.60. The molecule has 0 atom stereocenters. The third-order valence-electron chi connectivity index (χ3n) is 3.07. The lowest BCUT2D eigenvalue weighted by Gasteiger charge is -2.05. The lowest BCUT2D eigenvalue weighted by atomic mass is 10.1. The van der Waals surface area contributed by atoms with Crippen LogP contribution in [0.25, 0.3) is 11.3 Å². The number of aromatic nitrogens is 4. The maximum absolute atomic E-state index is 5.90. The summed E-state index contributed by atoms with van der Waals surface area (Å²) in [6.07, 6.45) is 4.32. The number of aryl methyl sites for hydroxylation is 1. The molecule has 0 amide bonds. The molecule has 2 heterocycles. The number of anilines is 1. The quantitative estimate of drug-likeness (QED) is 0.793. The predicted octanol–water partition coefficient (Wildman–Crippen LogP) is 2.81. The van der Waals surface area contributed by atoms with Crippen molar-refractivity contribution < 1.29 is 0 Å². The maximum atomic E-state index is 5.90. The van der Waals surface area contributed by atoms with Crippen LogP contribution in [0, 0.1) is 0 Å². The highest BCUT2D eigenvalue weighted by Crippen LogP contribution is 2.19. The number of rotatable bonds is 3. The Labute approximate surface area is 131 Å². The summed E-state index contributed by atoms with van der Waals surface area (Å²) in [6.45, 7) is 0. The molecule has 0 saturated heterocycles. The molecule has 5 nitrogen and oxygen atoms in total. The van der Waals surface area contributed by atoms with Crippen LogP contribution < -0.4 is 5.73 Å². The number of nitrogens with two attached hydrogens (primary N) is 1. The molecule has 6 heteroatoms. The molecule has 21 heavy (non-hydrogen) atoms. The lowest BCUT2D eigenvalue weighted by Crippen LogP contribution is -2.02. The second-order valence-electron chi connectivity index (χ2n) is 4.80. The second-order valence-corrected chi connectivity index (χ2v) is 5.72. The molecular formula is C15H14BrN5. The van der Waals surface area contributed by atoms with Crippen LogP contribution in [0.3, 0.4) is 0 Å². The maximum Gasteiger partial charge on any atom is 0.135 e. The fourth-order valence-electron chi connectivity index (χ4n) is 2.08. The SMILES string of the molecule is Cn1cc(-c2cc(N)nc(Cc3ccc(Br)cc3)n2)cn1. The van der Waals surface area contributed by atoms with Crippen LogP contribution in [0.1, 0.15) is 11.4 Å². The Bertz CT molecular complexity index is 764. The third kappa shape index (κ3) is 3.28. The van der Waals surface area contributed by atoms with Crippen molar-refractivity contribution in [1.82, 2.24) is 19.7 Å². The Balaban J connectivity index is 1.92. The van der Waals surface area contributed by atoms with E-state index in [0.29, 0.717) is 18.1 Å². The van der Waals surface area contributed by atoms with Gasteiger partial charge in [0.15, 0.2) is 0 Å². The zero-order valence-corrected chi connectivity index (χ0v) is 13.1. The molecule has 0 aliphatic carbocycles. The highest BCUT2D eigenvalue weighted by atomic mass is 79.9. The molecule has 0 aliphatic heterocycles. The van der Waals surface area contributed by atoms with Gasteiger partial charge in [0.1, 0.15) is 11.6 Å².